The Hall–Kier alpha value is -1.01. The fourth-order valence-corrected chi connectivity index (χ4v) is 2.44. The van der Waals surface area contributed by atoms with E-state index in [1.165, 1.54) is 11.8 Å². The molecular formula is C13H25N5S. The van der Waals surface area contributed by atoms with E-state index in [1.807, 2.05) is 6.26 Å². The van der Waals surface area contributed by atoms with Gasteiger partial charge in [0.15, 0.2) is 5.16 Å². The summed E-state index contributed by atoms with van der Waals surface area (Å²) in [5, 5.41) is 4.02. The van der Waals surface area contributed by atoms with Crippen molar-refractivity contribution >= 4 is 23.4 Å². The highest BCUT2D eigenvalue weighted by Gasteiger charge is 2.12. The molecule has 1 aromatic rings. The number of hydrogen-bond acceptors (Lipinski definition) is 6. The maximum Gasteiger partial charge on any atom is 0.191 e. The Kier molecular flexibility index (Phi) is 6.37. The molecule has 0 aromatic carbocycles. The summed E-state index contributed by atoms with van der Waals surface area (Å²) in [4.78, 5) is 10.9. The highest BCUT2D eigenvalue weighted by atomic mass is 32.2. The van der Waals surface area contributed by atoms with Crippen molar-refractivity contribution in [2.45, 2.75) is 44.9 Å². The van der Waals surface area contributed by atoms with Crippen LogP contribution in [0.3, 0.4) is 0 Å². The van der Waals surface area contributed by atoms with Crippen LogP contribution in [0, 0.1) is 0 Å². The third-order valence-corrected chi connectivity index (χ3v) is 3.46. The van der Waals surface area contributed by atoms with Gasteiger partial charge < -0.3 is 11.1 Å². The van der Waals surface area contributed by atoms with Crippen molar-refractivity contribution in [3.8, 4) is 0 Å². The van der Waals surface area contributed by atoms with Gasteiger partial charge in [-0.1, -0.05) is 11.8 Å². The molecule has 0 aliphatic rings. The quantitative estimate of drug-likeness (QED) is 0.591. The van der Waals surface area contributed by atoms with Crippen LogP contribution in [0.1, 0.15) is 27.7 Å². The molecule has 0 amide bonds. The van der Waals surface area contributed by atoms with Gasteiger partial charge >= 0.3 is 0 Å². The largest absolute Gasteiger partial charge is 0.383 e. The van der Waals surface area contributed by atoms with E-state index in [1.54, 1.807) is 6.07 Å². The van der Waals surface area contributed by atoms with E-state index in [2.05, 4.69) is 47.9 Å². The third kappa shape index (κ3) is 5.24. The average molecular weight is 283 g/mol. The summed E-state index contributed by atoms with van der Waals surface area (Å²) in [6, 6.07) is 2.85. The van der Waals surface area contributed by atoms with Crippen LogP contribution >= 0.6 is 11.8 Å². The molecule has 1 heterocycles. The number of anilines is 2. The van der Waals surface area contributed by atoms with Crippen molar-refractivity contribution in [2.24, 2.45) is 0 Å². The van der Waals surface area contributed by atoms with Crippen LogP contribution in [0.5, 0.6) is 0 Å². The summed E-state index contributed by atoms with van der Waals surface area (Å²) in [6.07, 6.45) is 1.94. The smallest absolute Gasteiger partial charge is 0.191 e. The molecule has 19 heavy (non-hydrogen) atoms. The zero-order chi connectivity index (χ0) is 14.4. The van der Waals surface area contributed by atoms with E-state index in [4.69, 9.17) is 5.73 Å². The Balaban J connectivity index is 2.55. The average Bonchev–Trinajstić information content (AvgIpc) is 2.32. The maximum atomic E-state index is 5.75. The van der Waals surface area contributed by atoms with Crippen LogP contribution in [0.25, 0.3) is 0 Å². The molecule has 5 nitrogen and oxygen atoms in total. The molecule has 0 atom stereocenters. The number of rotatable bonds is 7. The standard InChI is InChI=1S/C13H25N5S/c1-9(2)18(10(3)4)7-6-15-12-8-11(14)16-13(17-12)19-5/h8-10H,6-7H2,1-5H3,(H3,14,15,16,17). The Labute approximate surface area is 120 Å². The Morgan fingerprint density at radius 2 is 1.89 bits per heavy atom. The Morgan fingerprint density at radius 1 is 1.26 bits per heavy atom. The van der Waals surface area contributed by atoms with E-state index < -0.39 is 0 Å². The molecule has 1 aromatic heterocycles. The lowest BCUT2D eigenvalue weighted by Gasteiger charge is -2.30. The SMILES string of the molecule is CSc1nc(N)cc(NCCN(C(C)C)C(C)C)n1. The van der Waals surface area contributed by atoms with Crippen molar-refractivity contribution < 1.29 is 0 Å². The second kappa shape index (κ2) is 7.55. The molecule has 0 saturated heterocycles. The first-order chi connectivity index (χ1) is 8.93. The number of hydrogen-bond donors (Lipinski definition) is 2. The van der Waals surface area contributed by atoms with Gasteiger partial charge in [0.1, 0.15) is 11.6 Å². The van der Waals surface area contributed by atoms with Gasteiger partial charge in [-0.2, -0.15) is 0 Å². The lowest BCUT2D eigenvalue weighted by Crippen LogP contribution is -2.40. The van der Waals surface area contributed by atoms with E-state index >= 15 is 0 Å². The van der Waals surface area contributed by atoms with E-state index in [9.17, 15) is 0 Å². The minimum Gasteiger partial charge on any atom is -0.383 e. The summed E-state index contributed by atoms with van der Waals surface area (Å²) in [5.41, 5.74) is 5.75. The minimum atomic E-state index is 0.506. The minimum absolute atomic E-state index is 0.506. The van der Waals surface area contributed by atoms with E-state index in [0.29, 0.717) is 23.1 Å². The molecule has 0 spiro atoms. The molecule has 0 bridgehead atoms. The van der Waals surface area contributed by atoms with Crippen molar-refractivity contribution in [1.29, 1.82) is 0 Å². The predicted molar refractivity (Wildman–Crippen MR) is 83.7 cm³/mol. The molecule has 3 N–H and O–H groups in total. The number of nitrogen functional groups attached to an aromatic ring is 1. The molecule has 0 fully saturated rings. The summed E-state index contributed by atoms with van der Waals surface area (Å²) in [6.45, 7) is 10.7. The first kappa shape index (κ1) is 16.0. The Bertz CT molecular complexity index is 387. The van der Waals surface area contributed by atoms with Crippen LogP contribution in [-0.2, 0) is 0 Å². The van der Waals surface area contributed by atoms with Crippen molar-refractivity contribution in [3.63, 3.8) is 0 Å². The highest BCUT2D eigenvalue weighted by molar-refractivity contribution is 7.98. The fourth-order valence-electron chi connectivity index (χ4n) is 2.05. The predicted octanol–water partition coefficient (Wildman–Crippen LogP) is 2.31. The van der Waals surface area contributed by atoms with Gasteiger partial charge in [0.2, 0.25) is 0 Å². The number of aromatic nitrogens is 2. The van der Waals surface area contributed by atoms with Gasteiger partial charge in [-0.15, -0.1) is 0 Å². The zero-order valence-corrected chi connectivity index (χ0v) is 13.3. The van der Waals surface area contributed by atoms with Crippen LogP contribution < -0.4 is 11.1 Å². The van der Waals surface area contributed by atoms with Crippen LogP contribution in [0.2, 0.25) is 0 Å². The lowest BCUT2D eigenvalue weighted by molar-refractivity contribution is 0.182. The second-order valence-corrected chi connectivity index (χ2v) is 5.79. The number of nitrogens with two attached hydrogens (primary N) is 1. The monoisotopic (exact) mass is 283 g/mol. The van der Waals surface area contributed by atoms with Gasteiger partial charge in [0.05, 0.1) is 0 Å². The second-order valence-electron chi connectivity index (χ2n) is 5.02. The summed E-state index contributed by atoms with van der Waals surface area (Å²) in [5.74, 6) is 1.30. The summed E-state index contributed by atoms with van der Waals surface area (Å²) in [7, 11) is 0. The molecule has 1 rings (SSSR count). The maximum absolute atomic E-state index is 5.75. The highest BCUT2D eigenvalue weighted by Crippen LogP contribution is 2.15. The van der Waals surface area contributed by atoms with E-state index in [0.717, 1.165) is 18.9 Å². The van der Waals surface area contributed by atoms with Gasteiger partial charge in [-0.3, -0.25) is 4.90 Å². The van der Waals surface area contributed by atoms with Gasteiger partial charge in [0.25, 0.3) is 0 Å². The van der Waals surface area contributed by atoms with Crippen LogP contribution in [0.4, 0.5) is 11.6 Å². The van der Waals surface area contributed by atoms with Crippen molar-refractivity contribution in [2.75, 3.05) is 30.4 Å². The molecule has 0 unspecified atom stereocenters. The Morgan fingerprint density at radius 3 is 2.42 bits per heavy atom. The number of nitrogens with zero attached hydrogens (tertiary/aromatic N) is 3. The molecule has 0 aliphatic carbocycles. The lowest BCUT2D eigenvalue weighted by atomic mass is 10.2. The van der Waals surface area contributed by atoms with E-state index in [-0.39, 0.29) is 0 Å². The number of nitrogens with one attached hydrogen (secondary N) is 1. The van der Waals surface area contributed by atoms with Gasteiger partial charge in [0, 0.05) is 31.2 Å². The van der Waals surface area contributed by atoms with Crippen LogP contribution in [-0.4, -0.2) is 46.3 Å². The first-order valence-electron chi connectivity index (χ1n) is 6.62. The third-order valence-electron chi connectivity index (χ3n) is 2.91. The molecule has 0 aliphatic heterocycles. The summed E-state index contributed by atoms with van der Waals surface area (Å²) < 4.78 is 0. The number of thioether (sulfide) groups is 1. The molecule has 108 valence electrons. The zero-order valence-electron chi connectivity index (χ0n) is 12.5. The van der Waals surface area contributed by atoms with Gasteiger partial charge in [-0.05, 0) is 34.0 Å². The molecule has 0 saturated carbocycles. The first-order valence-corrected chi connectivity index (χ1v) is 7.84. The van der Waals surface area contributed by atoms with Crippen molar-refractivity contribution in [1.82, 2.24) is 14.9 Å². The van der Waals surface area contributed by atoms with Crippen molar-refractivity contribution in [3.05, 3.63) is 6.07 Å². The van der Waals surface area contributed by atoms with Crippen LogP contribution in [0.15, 0.2) is 11.2 Å². The van der Waals surface area contributed by atoms with Gasteiger partial charge in [-0.25, -0.2) is 9.97 Å². The molecule has 0 radical (unpaired) electrons. The normalized spacial score (nSPS) is 11.6. The molecule has 6 heteroatoms. The molecular weight excluding hydrogens is 258 g/mol. The summed E-state index contributed by atoms with van der Waals surface area (Å²) >= 11 is 1.49. The fraction of sp³-hybridized carbons (Fsp3) is 0.692. The topological polar surface area (TPSA) is 67.1 Å².